The first kappa shape index (κ1) is 11.2. The van der Waals surface area contributed by atoms with Gasteiger partial charge in [0.15, 0.2) is 5.65 Å². The van der Waals surface area contributed by atoms with E-state index >= 15 is 0 Å². The van der Waals surface area contributed by atoms with E-state index in [1.807, 2.05) is 10.6 Å². The molecule has 2 aromatic heterocycles. The number of nitrogens with zero attached hydrogens (tertiary/aromatic N) is 3. The summed E-state index contributed by atoms with van der Waals surface area (Å²) < 4.78 is 6.67. The number of rotatable bonds is 2. The molecular formula is C13H15N3O2. The number of esters is 1. The Labute approximate surface area is 105 Å². The van der Waals surface area contributed by atoms with E-state index in [1.165, 1.54) is 32.8 Å². The molecule has 0 unspecified atom stereocenters. The smallest absolute Gasteiger partial charge is 0.338 e. The SMILES string of the molecule is COC(=O)c1ccn2c(C3CCCC3)nnc2c1. The van der Waals surface area contributed by atoms with E-state index in [0.717, 1.165) is 5.82 Å². The average Bonchev–Trinajstić information content (AvgIpc) is 3.05. The Morgan fingerprint density at radius 3 is 2.89 bits per heavy atom. The lowest BCUT2D eigenvalue weighted by atomic mass is 10.1. The Kier molecular flexibility index (Phi) is 2.74. The number of hydrogen-bond donors (Lipinski definition) is 0. The van der Waals surface area contributed by atoms with Crippen molar-refractivity contribution in [3.05, 3.63) is 29.7 Å². The monoisotopic (exact) mass is 245 g/mol. The zero-order valence-electron chi connectivity index (χ0n) is 10.3. The lowest BCUT2D eigenvalue weighted by Crippen LogP contribution is -2.04. The minimum absolute atomic E-state index is 0.345. The van der Waals surface area contributed by atoms with Crippen LogP contribution in [0.3, 0.4) is 0 Å². The third kappa shape index (κ3) is 1.75. The molecule has 0 aromatic carbocycles. The van der Waals surface area contributed by atoms with Crippen molar-refractivity contribution in [1.82, 2.24) is 14.6 Å². The maximum Gasteiger partial charge on any atom is 0.338 e. The summed E-state index contributed by atoms with van der Waals surface area (Å²) in [5, 5.41) is 8.41. The second-order valence-electron chi connectivity index (χ2n) is 4.67. The van der Waals surface area contributed by atoms with E-state index in [-0.39, 0.29) is 5.97 Å². The summed E-state index contributed by atoms with van der Waals surface area (Å²) in [6.07, 6.45) is 6.74. The molecule has 18 heavy (non-hydrogen) atoms. The Morgan fingerprint density at radius 1 is 1.39 bits per heavy atom. The van der Waals surface area contributed by atoms with Gasteiger partial charge in [-0.25, -0.2) is 4.79 Å². The van der Waals surface area contributed by atoms with Crippen LogP contribution in [0.15, 0.2) is 18.3 Å². The summed E-state index contributed by atoms with van der Waals surface area (Å²) in [6, 6.07) is 3.47. The molecule has 0 atom stereocenters. The van der Waals surface area contributed by atoms with Gasteiger partial charge in [-0.05, 0) is 25.0 Å². The van der Waals surface area contributed by atoms with Crippen LogP contribution in [0.1, 0.15) is 47.8 Å². The molecule has 0 N–H and O–H groups in total. The lowest BCUT2D eigenvalue weighted by molar-refractivity contribution is 0.0600. The van der Waals surface area contributed by atoms with Crippen LogP contribution in [0.2, 0.25) is 0 Å². The van der Waals surface area contributed by atoms with E-state index in [1.54, 1.807) is 12.1 Å². The van der Waals surface area contributed by atoms with Gasteiger partial charge in [0.25, 0.3) is 0 Å². The number of carbonyl (C=O) groups excluding carboxylic acids is 1. The molecule has 0 radical (unpaired) electrons. The van der Waals surface area contributed by atoms with Gasteiger partial charge < -0.3 is 4.74 Å². The van der Waals surface area contributed by atoms with Gasteiger partial charge in [0, 0.05) is 12.1 Å². The average molecular weight is 245 g/mol. The standard InChI is InChI=1S/C13H15N3O2/c1-18-13(17)10-6-7-16-11(8-10)14-15-12(16)9-4-2-3-5-9/h6-9H,2-5H2,1H3. The fourth-order valence-electron chi connectivity index (χ4n) is 2.62. The third-order valence-corrected chi connectivity index (χ3v) is 3.58. The molecule has 2 heterocycles. The molecule has 94 valence electrons. The van der Waals surface area contributed by atoms with Crippen molar-refractivity contribution in [3.63, 3.8) is 0 Å². The van der Waals surface area contributed by atoms with E-state index in [4.69, 9.17) is 4.74 Å². The Morgan fingerprint density at radius 2 is 2.17 bits per heavy atom. The van der Waals surface area contributed by atoms with Crippen LogP contribution in [0.4, 0.5) is 0 Å². The molecule has 1 fully saturated rings. The number of hydrogen-bond acceptors (Lipinski definition) is 4. The molecule has 0 amide bonds. The topological polar surface area (TPSA) is 56.5 Å². The van der Waals surface area contributed by atoms with Crippen molar-refractivity contribution < 1.29 is 9.53 Å². The molecule has 0 aliphatic heterocycles. The summed E-state index contributed by atoms with van der Waals surface area (Å²) in [6.45, 7) is 0. The van der Waals surface area contributed by atoms with Crippen molar-refractivity contribution in [2.75, 3.05) is 7.11 Å². The number of carbonyl (C=O) groups is 1. The molecule has 0 saturated heterocycles. The highest BCUT2D eigenvalue weighted by Crippen LogP contribution is 2.33. The van der Waals surface area contributed by atoms with Gasteiger partial charge in [-0.15, -0.1) is 10.2 Å². The summed E-state index contributed by atoms with van der Waals surface area (Å²) >= 11 is 0. The molecule has 2 aromatic rings. The first-order chi connectivity index (χ1) is 8.79. The van der Waals surface area contributed by atoms with E-state index in [9.17, 15) is 4.79 Å². The van der Waals surface area contributed by atoms with Crippen LogP contribution in [-0.2, 0) is 4.74 Å². The minimum atomic E-state index is -0.345. The summed E-state index contributed by atoms with van der Waals surface area (Å²) in [7, 11) is 1.38. The van der Waals surface area contributed by atoms with Crippen molar-refractivity contribution >= 4 is 11.6 Å². The molecule has 5 heteroatoms. The van der Waals surface area contributed by atoms with E-state index < -0.39 is 0 Å². The molecular weight excluding hydrogens is 230 g/mol. The van der Waals surface area contributed by atoms with Crippen molar-refractivity contribution in [2.45, 2.75) is 31.6 Å². The van der Waals surface area contributed by atoms with Gasteiger partial charge in [-0.2, -0.15) is 0 Å². The van der Waals surface area contributed by atoms with Crippen LogP contribution >= 0.6 is 0 Å². The Balaban J connectivity index is 2.02. The summed E-state index contributed by atoms with van der Waals surface area (Å²) in [5.74, 6) is 1.17. The zero-order chi connectivity index (χ0) is 12.5. The molecule has 3 rings (SSSR count). The maximum atomic E-state index is 11.4. The van der Waals surface area contributed by atoms with Crippen LogP contribution in [0.25, 0.3) is 5.65 Å². The Bertz CT molecular complexity index is 585. The summed E-state index contributed by atoms with van der Waals surface area (Å²) in [4.78, 5) is 11.4. The van der Waals surface area contributed by atoms with Gasteiger partial charge in [0.2, 0.25) is 0 Å². The fourth-order valence-corrected chi connectivity index (χ4v) is 2.62. The van der Waals surface area contributed by atoms with Crippen LogP contribution < -0.4 is 0 Å². The van der Waals surface area contributed by atoms with Gasteiger partial charge in [-0.1, -0.05) is 12.8 Å². The third-order valence-electron chi connectivity index (χ3n) is 3.58. The van der Waals surface area contributed by atoms with Crippen molar-refractivity contribution in [3.8, 4) is 0 Å². The normalized spacial score (nSPS) is 16.3. The fraction of sp³-hybridized carbons (Fsp3) is 0.462. The molecule has 0 spiro atoms. The summed E-state index contributed by atoms with van der Waals surface area (Å²) in [5.41, 5.74) is 1.22. The zero-order valence-corrected chi connectivity index (χ0v) is 10.3. The maximum absolute atomic E-state index is 11.4. The van der Waals surface area contributed by atoms with Gasteiger partial charge in [-0.3, -0.25) is 4.40 Å². The lowest BCUT2D eigenvalue weighted by Gasteiger charge is -2.06. The second-order valence-corrected chi connectivity index (χ2v) is 4.67. The highest BCUT2D eigenvalue weighted by atomic mass is 16.5. The second kappa shape index (κ2) is 4.40. The van der Waals surface area contributed by atoms with Crippen molar-refractivity contribution in [1.29, 1.82) is 0 Å². The predicted octanol–water partition coefficient (Wildman–Crippen LogP) is 2.17. The number of methoxy groups -OCH3 is 1. The van der Waals surface area contributed by atoms with Crippen LogP contribution in [0.5, 0.6) is 0 Å². The highest BCUT2D eigenvalue weighted by molar-refractivity contribution is 5.90. The Hall–Kier alpha value is -1.91. The number of aromatic nitrogens is 3. The van der Waals surface area contributed by atoms with E-state index in [0.29, 0.717) is 17.1 Å². The molecule has 1 aliphatic rings. The van der Waals surface area contributed by atoms with Crippen LogP contribution in [0, 0.1) is 0 Å². The molecule has 0 bridgehead atoms. The first-order valence-electron chi connectivity index (χ1n) is 6.22. The quantitative estimate of drug-likeness (QED) is 0.761. The van der Waals surface area contributed by atoms with Gasteiger partial charge in [0.05, 0.1) is 12.7 Å². The number of pyridine rings is 1. The molecule has 1 saturated carbocycles. The number of ether oxygens (including phenoxy) is 1. The van der Waals surface area contributed by atoms with Gasteiger partial charge >= 0.3 is 5.97 Å². The highest BCUT2D eigenvalue weighted by Gasteiger charge is 2.22. The predicted molar refractivity (Wildman–Crippen MR) is 65.5 cm³/mol. The molecule has 1 aliphatic carbocycles. The molecule has 5 nitrogen and oxygen atoms in total. The largest absolute Gasteiger partial charge is 0.465 e. The van der Waals surface area contributed by atoms with E-state index in [2.05, 4.69) is 10.2 Å². The van der Waals surface area contributed by atoms with Gasteiger partial charge in [0.1, 0.15) is 5.82 Å². The number of fused-ring (bicyclic) bond motifs is 1. The van der Waals surface area contributed by atoms with Crippen molar-refractivity contribution in [2.24, 2.45) is 0 Å². The minimum Gasteiger partial charge on any atom is -0.465 e. The first-order valence-corrected chi connectivity index (χ1v) is 6.22. The van der Waals surface area contributed by atoms with Crippen LogP contribution in [-0.4, -0.2) is 27.7 Å².